The quantitative estimate of drug-likeness (QED) is 0.605. The maximum atomic E-state index is 10.8. The van der Waals surface area contributed by atoms with Crippen LogP contribution in [0, 0.1) is 10.1 Å². The first-order valence-electron chi connectivity index (χ1n) is 6.39. The molecule has 0 spiro atoms. The molecule has 2 aromatic carbocycles. The van der Waals surface area contributed by atoms with E-state index in [1.54, 1.807) is 6.07 Å². The summed E-state index contributed by atoms with van der Waals surface area (Å²) in [5.74, 6) is 0. The van der Waals surface area contributed by atoms with Gasteiger partial charge in [0, 0.05) is 34.2 Å². The van der Waals surface area contributed by atoms with Crippen LogP contribution >= 0.6 is 27.5 Å². The second-order valence-electron chi connectivity index (χ2n) is 4.69. The summed E-state index contributed by atoms with van der Waals surface area (Å²) in [6.07, 6.45) is 0. The SMILES string of the molecule is C[C@H](NCc1cc([N+](=O)[O-])ccc1Cl)c1cccc(Br)c1. The smallest absolute Gasteiger partial charge is 0.269 e. The standard InChI is InChI=1S/C15H14BrClN2O2/c1-10(11-3-2-4-13(16)7-11)18-9-12-8-14(19(20)21)5-6-15(12)17/h2-8,10,18H,9H2,1H3/t10-/m0/s1. The third-order valence-electron chi connectivity index (χ3n) is 3.19. The molecule has 0 bridgehead atoms. The minimum atomic E-state index is -0.419. The topological polar surface area (TPSA) is 55.2 Å². The van der Waals surface area contributed by atoms with Gasteiger partial charge in [-0.3, -0.25) is 10.1 Å². The van der Waals surface area contributed by atoms with Gasteiger partial charge in [-0.15, -0.1) is 0 Å². The van der Waals surface area contributed by atoms with Gasteiger partial charge in [0.15, 0.2) is 0 Å². The highest BCUT2D eigenvalue weighted by Gasteiger charge is 2.11. The Bertz CT molecular complexity index is 664. The summed E-state index contributed by atoms with van der Waals surface area (Å²) in [6, 6.07) is 12.6. The van der Waals surface area contributed by atoms with E-state index >= 15 is 0 Å². The molecular weight excluding hydrogens is 356 g/mol. The monoisotopic (exact) mass is 368 g/mol. The fourth-order valence-corrected chi connectivity index (χ4v) is 2.57. The molecule has 0 aromatic heterocycles. The molecule has 0 saturated carbocycles. The van der Waals surface area contributed by atoms with Gasteiger partial charge in [-0.05, 0) is 36.2 Å². The average Bonchev–Trinajstić information content (AvgIpc) is 2.45. The fourth-order valence-electron chi connectivity index (χ4n) is 1.97. The van der Waals surface area contributed by atoms with Crippen molar-refractivity contribution in [3.05, 3.63) is 73.2 Å². The van der Waals surface area contributed by atoms with Crippen molar-refractivity contribution < 1.29 is 4.92 Å². The van der Waals surface area contributed by atoms with Gasteiger partial charge >= 0.3 is 0 Å². The van der Waals surface area contributed by atoms with Gasteiger partial charge in [0.05, 0.1) is 4.92 Å². The zero-order chi connectivity index (χ0) is 15.4. The maximum Gasteiger partial charge on any atom is 0.269 e. The first-order chi connectivity index (χ1) is 9.97. The predicted octanol–water partition coefficient (Wildman–Crippen LogP) is 4.86. The zero-order valence-corrected chi connectivity index (χ0v) is 13.7. The van der Waals surface area contributed by atoms with Crippen LogP contribution in [0.5, 0.6) is 0 Å². The van der Waals surface area contributed by atoms with Crippen molar-refractivity contribution in [1.29, 1.82) is 0 Å². The van der Waals surface area contributed by atoms with E-state index in [9.17, 15) is 10.1 Å². The van der Waals surface area contributed by atoms with E-state index in [-0.39, 0.29) is 11.7 Å². The van der Waals surface area contributed by atoms with Crippen molar-refractivity contribution in [2.45, 2.75) is 19.5 Å². The van der Waals surface area contributed by atoms with Crippen LogP contribution in [-0.2, 0) is 6.54 Å². The number of rotatable bonds is 5. The molecule has 0 radical (unpaired) electrons. The third kappa shape index (κ3) is 4.27. The molecule has 0 saturated heterocycles. The molecule has 21 heavy (non-hydrogen) atoms. The number of nitrogens with one attached hydrogen (secondary N) is 1. The predicted molar refractivity (Wildman–Crippen MR) is 87.5 cm³/mol. The summed E-state index contributed by atoms with van der Waals surface area (Å²) in [5, 5.41) is 14.6. The minimum Gasteiger partial charge on any atom is -0.306 e. The highest BCUT2D eigenvalue weighted by atomic mass is 79.9. The van der Waals surface area contributed by atoms with Crippen LogP contribution in [-0.4, -0.2) is 4.92 Å². The average molecular weight is 370 g/mol. The Morgan fingerprint density at radius 1 is 1.33 bits per heavy atom. The third-order valence-corrected chi connectivity index (χ3v) is 4.05. The number of nitrogens with zero attached hydrogens (tertiary/aromatic N) is 1. The van der Waals surface area contributed by atoms with Gasteiger partial charge < -0.3 is 5.32 Å². The molecule has 0 aliphatic rings. The lowest BCUT2D eigenvalue weighted by Gasteiger charge is -2.15. The van der Waals surface area contributed by atoms with Crippen LogP contribution in [0.4, 0.5) is 5.69 Å². The van der Waals surface area contributed by atoms with Crippen molar-refractivity contribution in [1.82, 2.24) is 5.32 Å². The first kappa shape index (κ1) is 15.9. The van der Waals surface area contributed by atoms with Gasteiger partial charge in [0.25, 0.3) is 5.69 Å². The molecule has 2 rings (SSSR count). The van der Waals surface area contributed by atoms with E-state index in [1.807, 2.05) is 31.2 Å². The number of non-ortho nitro benzene ring substituents is 1. The lowest BCUT2D eigenvalue weighted by Crippen LogP contribution is -2.18. The fraction of sp³-hybridized carbons (Fsp3) is 0.200. The van der Waals surface area contributed by atoms with E-state index in [0.717, 1.165) is 10.0 Å². The summed E-state index contributed by atoms with van der Waals surface area (Å²) in [6.45, 7) is 2.50. The molecule has 0 heterocycles. The van der Waals surface area contributed by atoms with E-state index in [4.69, 9.17) is 11.6 Å². The van der Waals surface area contributed by atoms with Crippen molar-refractivity contribution in [3.63, 3.8) is 0 Å². The van der Waals surface area contributed by atoms with E-state index < -0.39 is 4.92 Å². The Hall–Kier alpha value is -1.43. The Labute approximate surface area is 136 Å². The summed E-state index contributed by atoms with van der Waals surface area (Å²) in [7, 11) is 0. The van der Waals surface area contributed by atoms with Crippen molar-refractivity contribution in [2.75, 3.05) is 0 Å². The molecule has 4 nitrogen and oxygen atoms in total. The lowest BCUT2D eigenvalue weighted by molar-refractivity contribution is -0.384. The van der Waals surface area contributed by atoms with Crippen LogP contribution in [0.15, 0.2) is 46.9 Å². The van der Waals surface area contributed by atoms with Crippen molar-refractivity contribution in [3.8, 4) is 0 Å². The second kappa shape index (κ2) is 7.02. The van der Waals surface area contributed by atoms with Crippen LogP contribution < -0.4 is 5.32 Å². The summed E-state index contributed by atoms with van der Waals surface area (Å²) >= 11 is 9.53. The second-order valence-corrected chi connectivity index (χ2v) is 6.01. The van der Waals surface area contributed by atoms with E-state index in [0.29, 0.717) is 17.1 Å². The molecule has 0 amide bonds. The Morgan fingerprint density at radius 3 is 2.76 bits per heavy atom. The van der Waals surface area contributed by atoms with Crippen molar-refractivity contribution >= 4 is 33.2 Å². The normalized spacial score (nSPS) is 12.1. The summed E-state index contributed by atoms with van der Waals surface area (Å²) in [4.78, 5) is 10.4. The zero-order valence-electron chi connectivity index (χ0n) is 11.3. The molecule has 1 N–H and O–H groups in total. The van der Waals surface area contributed by atoms with E-state index in [1.165, 1.54) is 12.1 Å². The Morgan fingerprint density at radius 2 is 2.10 bits per heavy atom. The number of nitro groups is 1. The number of halogens is 2. The molecule has 2 aromatic rings. The van der Waals surface area contributed by atoms with Crippen LogP contribution in [0.3, 0.4) is 0 Å². The largest absolute Gasteiger partial charge is 0.306 e. The van der Waals surface area contributed by atoms with Crippen LogP contribution in [0.2, 0.25) is 5.02 Å². The molecular formula is C15H14BrClN2O2. The molecule has 6 heteroatoms. The molecule has 0 unspecified atom stereocenters. The maximum absolute atomic E-state index is 10.8. The van der Waals surface area contributed by atoms with Gasteiger partial charge in [0.2, 0.25) is 0 Å². The molecule has 0 fully saturated rings. The van der Waals surface area contributed by atoms with Gasteiger partial charge in [-0.25, -0.2) is 0 Å². The first-order valence-corrected chi connectivity index (χ1v) is 7.56. The molecule has 0 aliphatic carbocycles. The molecule has 110 valence electrons. The Kier molecular flexibility index (Phi) is 5.33. The van der Waals surface area contributed by atoms with E-state index in [2.05, 4.69) is 21.2 Å². The summed E-state index contributed by atoms with van der Waals surface area (Å²) in [5.41, 5.74) is 1.89. The minimum absolute atomic E-state index is 0.0475. The van der Waals surface area contributed by atoms with Gasteiger partial charge in [-0.2, -0.15) is 0 Å². The highest BCUT2D eigenvalue weighted by molar-refractivity contribution is 9.10. The lowest BCUT2D eigenvalue weighted by atomic mass is 10.1. The number of hydrogen-bond donors (Lipinski definition) is 1. The highest BCUT2D eigenvalue weighted by Crippen LogP contribution is 2.23. The molecule has 1 atom stereocenters. The number of benzene rings is 2. The van der Waals surface area contributed by atoms with Crippen molar-refractivity contribution in [2.24, 2.45) is 0 Å². The number of nitro benzene ring substituents is 1. The molecule has 0 aliphatic heterocycles. The van der Waals surface area contributed by atoms with Crippen LogP contribution in [0.1, 0.15) is 24.1 Å². The summed E-state index contributed by atoms with van der Waals surface area (Å²) < 4.78 is 1.02. The number of hydrogen-bond acceptors (Lipinski definition) is 3. The van der Waals surface area contributed by atoms with Gasteiger partial charge in [0.1, 0.15) is 0 Å². The van der Waals surface area contributed by atoms with Crippen LogP contribution in [0.25, 0.3) is 0 Å². The van der Waals surface area contributed by atoms with Gasteiger partial charge in [-0.1, -0.05) is 39.7 Å². The Balaban J connectivity index is 2.09.